The molecular formula is C23H16ClN5S. The first-order chi connectivity index (χ1) is 14.7. The van der Waals surface area contributed by atoms with Crippen molar-refractivity contribution in [3.8, 4) is 11.1 Å². The molecule has 3 heterocycles. The molecule has 0 amide bonds. The normalized spacial score (nSPS) is 11.5. The van der Waals surface area contributed by atoms with Gasteiger partial charge >= 0.3 is 0 Å². The van der Waals surface area contributed by atoms with Crippen LogP contribution in [0, 0.1) is 6.92 Å². The van der Waals surface area contributed by atoms with Crippen molar-refractivity contribution in [3.63, 3.8) is 0 Å². The largest absolute Gasteiger partial charge is 0.261 e. The molecule has 5 rings (SSSR count). The minimum atomic E-state index is 0.413. The summed E-state index contributed by atoms with van der Waals surface area (Å²) in [5.41, 5.74) is 7.97. The molecule has 0 radical (unpaired) electrons. The minimum absolute atomic E-state index is 0.413. The van der Waals surface area contributed by atoms with Gasteiger partial charge in [0, 0.05) is 21.9 Å². The number of hydrogen-bond donors (Lipinski definition) is 1. The van der Waals surface area contributed by atoms with Gasteiger partial charge < -0.3 is 0 Å². The molecule has 0 spiro atoms. The van der Waals surface area contributed by atoms with Gasteiger partial charge in [0.25, 0.3) is 0 Å². The molecule has 3 aromatic heterocycles. The number of anilines is 1. The number of pyridine rings is 1. The van der Waals surface area contributed by atoms with E-state index in [1.165, 1.54) is 0 Å². The fraction of sp³-hybridized carbons (Fsp3) is 0.0435. The van der Waals surface area contributed by atoms with Gasteiger partial charge in [-0.15, -0.1) is 11.3 Å². The molecule has 2 aromatic carbocycles. The quantitative estimate of drug-likeness (QED) is 0.206. The third-order valence-electron chi connectivity index (χ3n) is 4.86. The molecule has 0 aliphatic heterocycles. The number of rotatable bonds is 4. The zero-order valence-electron chi connectivity index (χ0n) is 16.0. The molecule has 5 aromatic rings. The van der Waals surface area contributed by atoms with Crippen LogP contribution < -0.4 is 5.43 Å². The molecule has 0 unspecified atom stereocenters. The molecule has 30 heavy (non-hydrogen) atoms. The molecule has 1 N–H and O–H groups in total. The van der Waals surface area contributed by atoms with Crippen LogP contribution in [-0.4, -0.2) is 21.2 Å². The van der Waals surface area contributed by atoms with Crippen molar-refractivity contribution in [1.29, 1.82) is 0 Å². The van der Waals surface area contributed by atoms with Gasteiger partial charge in [-0.05, 0) is 24.1 Å². The number of nitrogens with zero attached hydrogens (tertiary/aromatic N) is 4. The Balaban J connectivity index is 1.50. The zero-order valence-corrected chi connectivity index (χ0v) is 17.6. The molecule has 0 saturated heterocycles. The Hall–Kier alpha value is -3.35. The van der Waals surface area contributed by atoms with Gasteiger partial charge in [0.05, 0.1) is 17.1 Å². The molecule has 7 heteroatoms. The second kappa shape index (κ2) is 7.82. The number of thiophene rings is 1. The van der Waals surface area contributed by atoms with Gasteiger partial charge in [0.2, 0.25) is 0 Å². The van der Waals surface area contributed by atoms with E-state index in [1.54, 1.807) is 23.9 Å². The summed E-state index contributed by atoms with van der Waals surface area (Å²) in [4.78, 5) is 14.2. The van der Waals surface area contributed by atoms with Crippen LogP contribution in [0.3, 0.4) is 0 Å². The van der Waals surface area contributed by atoms with Crippen molar-refractivity contribution in [1.82, 2.24) is 15.0 Å². The topological polar surface area (TPSA) is 63.1 Å². The Kier molecular flexibility index (Phi) is 4.86. The van der Waals surface area contributed by atoms with Gasteiger partial charge in [-0.3, -0.25) is 5.43 Å². The molecule has 0 aliphatic carbocycles. The van der Waals surface area contributed by atoms with Crippen LogP contribution >= 0.6 is 22.9 Å². The lowest BCUT2D eigenvalue weighted by Crippen LogP contribution is -1.97. The Morgan fingerprint density at radius 3 is 2.80 bits per heavy atom. The second-order valence-electron chi connectivity index (χ2n) is 6.80. The van der Waals surface area contributed by atoms with Gasteiger partial charge in [-0.25, -0.2) is 15.0 Å². The summed E-state index contributed by atoms with van der Waals surface area (Å²) in [5.74, 6) is 0.650. The number of halogens is 1. The third-order valence-corrected chi connectivity index (χ3v) is 6.05. The number of hydrazone groups is 1. The molecule has 0 fully saturated rings. The van der Waals surface area contributed by atoms with Crippen molar-refractivity contribution in [2.75, 3.05) is 5.43 Å². The van der Waals surface area contributed by atoms with Gasteiger partial charge in [0.15, 0.2) is 5.82 Å². The van der Waals surface area contributed by atoms with E-state index in [4.69, 9.17) is 11.6 Å². The van der Waals surface area contributed by atoms with E-state index in [-0.39, 0.29) is 0 Å². The van der Waals surface area contributed by atoms with Crippen molar-refractivity contribution >= 4 is 56.1 Å². The summed E-state index contributed by atoms with van der Waals surface area (Å²) in [6, 6.07) is 18.2. The Bertz CT molecular complexity index is 1400. The number of aryl methyl sites for hydroxylation is 1. The van der Waals surface area contributed by atoms with E-state index < -0.39 is 0 Å². The average Bonchev–Trinajstić information content (AvgIpc) is 3.21. The third kappa shape index (κ3) is 3.40. The highest BCUT2D eigenvalue weighted by Gasteiger charge is 2.12. The van der Waals surface area contributed by atoms with Gasteiger partial charge in [-0.2, -0.15) is 5.10 Å². The van der Waals surface area contributed by atoms with Crippen LogP contribution in [0.2, 0.25) is 5.15 Å². The lowest BCUT2D eigenvalue weighted by Gasteiger charge is -2.06. The van der Waals surface area contributed by atoms with Crippen molar-refractivity contribution < 1.29 is 0 Å². The first kappa shape index (κ1) is 18.7. The van der Waals surface area contributed by atoms with E-state index in [0.717, 1.165) is 43.4 Å². The molecule has 146 valence electrons. The number of hydrogen-bond acceptors (Lipinski definition) is 6. The number of aromatic nitrogens is 3. The summed E-state index contributed by atoms with van der Waals surface area (Å²) in [7, 11) is 0. The van der Waals surface area contributed by atoms with Crippen LogP contribution in [0.25, 0.3) is 32.2 Å². The van der Waals surface area contributed by atoms with Crippen molar-refractivity contribution in [2.24, 2.45) is 5.10 Å². The predicted octanol–water partition coefficient (Wildman–Crippen LogP) is 6.31. The maximum absolute atomic E-state index is 6.39. The fourth-order valence-corrected chi connectivity index (χ4v) is 4.49. The summed E-state index contributed by atoms with van der Waals surface area (Å²) in [5, 5.41) is 8.86. The molecule has 0 atom stereocenters. The minimum Gasteiger partial charge on any atom is -0.261 e. The van der Waals surface area contributed by atoms with E-state index in [1.807, 2.05) is 49.4 Å². The maximum atomic E-state index is 6.39. The second-order valence-corrected chi connectivity index (χ2v) is 8.02. The molecule has 5 nitrogen and oxygen atoms in total. The van der Waals surface area contributed by atoms with E-state index in [2.05, 4.69) is 43.0 Å². The van der Waals surface area contributed by atoms with Crippen molar-refractivity contribution in [3.05, 3.63) is 82.6 Å². The number of fused-ring (bicyclic) bond motifs is 2. The van der Waals surface area contributed by atoms with Crippen LogP contribution in [0.15, 0.2) is 71.4 Å². The van der Waals surface area contributed by atoms with E-state index in [9.17, 15) is 0 Å². The SMILES string of the molecule is Cc1cccc2cc(C=NNc3ncnc4scc(-c5ccccc5)c34)c(Cl)nc12. The number of para-hydroxylation sites is 1. The Morgan fingerprint density at radius 2 is 1.93 bits per heavy atom. The predicted molar refractivity (Wildman–Crippen MR) is 126 cm³/mol. The van der Waals surface area contributed by atoms with Crippen LogP contribution in [0.1, 0.15) is 11.1 Å². The summed E-state index contributed by atoms with van der Waals surface area (Å²) in [6.45, 7) is 2.02. The molecule has 0 bridgehead atoms. The smallest absolute Gasteiger partial charge is 0.159 e. The van der Waals surface area contributed by atoms with Crippen molar-refractivity contribution in [2.45, 2.75) is 6.92 Å². The zero-order chi connectivity index (χ0) is 20.5. The average molecular weight is 430 g/mol. The summed E-state index contributed by atoms with van der Waals surface area (Å²) < 4.78 is 0. The molecular weight excluding hydrogens is 414 g/mol. The summed E-state index contributed by atoms with van der Waals surface area (Å²) >= 11 is 7.97. The number of benzene rings is 2. The fourth-order valence-electron chi connectivity index (χ4n) is 3.38. The van der Waals surface area contributed by atoms with Gasteiger partial charge in [-0.1, -0.05) is 60.1 Å². The highest BCUT2D eigenvalue weighted by atomic mass is 35.5. The summed E-state index contributed by atoms with van der Waals surface area (Å²) in [6.07, 6.45) is 3.21. The number of nitrogens with one attached hydrogen (secondary N) is 1. The first-order valence-electron chi connectivity index (χ1n) is 9.33. The monoisotopic (exact) mass is 429 g/mol. The highest BCUT2D eigenvalue weighted by Crippen LogP contribution is 2.36. The molecule has 0 aliphatic rings. The Labute approximate surface area is 182 Å². The lowest BCUT2D eigenvalue weighted by molar-refractivity contribution is 1.19. The van der Waals surface area contributed by atoms with E-state index >= 15 is 0 Å². The Morgan fingerprint density at radius 1 is 1.07 bits per heavy atom. The highest BCUT2D eigenvalue weighted by molar-refractivity contribution is 7.17. The molecule has 0 saturated carbocycles. The lowest BCUT2D eigenvalue weighted by atomic mass is 10.1. The first-order valence-corrected chi connectivity index (χ1v) is 10.6. The van der Waals surface area contributed by atoms with Crippen LogP contribution in [0.4, 0.5) is 5.82 Å². The van der Waals surface area contributed by atoms with Crippen LogP contribution in [0.5, 0.6) is 0 Å². The van der Waals surface area contributed by atoms with E-state index in [0.29, 0.717) is 11.0 Å². The van der Waals surface area contributed by atoms with Crippen LogP contribution in [-0.2, 0) is 0 Å². The van der Waals surface area contributed by atoms with Gasteiger partial charge in [0.1, 0.15) is 16.3 Å². The maximum Gasteiger partial charge on any atom is 0.159 e. The standard InChI is InChI=1S/C23H16ClN5S/c1-14-6-5-9-16-10-17(21(24)28-20(14)16)11-27-29-22-19-18(15-7-3-2-4-8-15)12-30-23(19)26-13-25-22/h2-13H,1H3,(H,25,26,29).